The molecule has 5 nitrogen and oxygen atoms in total. The van der Waals surface area contributed by atoms with E-state index >= 15 is 0 Å². The molecule has 0 N–H and O–H groups in total. The topological polar surface area (TPSA) is 60.9 Å². The van der Waals surface area contributed by atoms with Crippen molar-refractivity contribution in [1.82, 2.24) is 14.8 Å². The third kappa shape index (κ3) is 2.03. The Kier molecular flexibility index (Phi) is 2.93. The van der Waals surface area contributed by atoms with Gasteiger partial charge in [-0.05, 0) is 24.3 Å². The number of furan rings is 1. The number of hydrogen-bond donors (Lipinski definition) is 0. The Morgan fingerprint density at radius 1 is 1.17 bits per heavy atom. The van der Waals surface area contributed by atoms with Crippen LogP contribution < -0.4 is 0 Å². The lowest BCUT2D eigenvalue weighted by Gasteiger charge is -2.20. The van der Waals surface area contributed by atoms with Gasteiger partial charge in [0.2, 0.25) is 5.13 Å². The first-order chi connectivity index (χ1) is 11.8. The van der Waals surface area contributed by atoms with Gasteiger partial charge < -0.3 is 4.42 Å². The molecule has 24 heavy (non-hydrogen) atoms. The van der Waals surface area contributed by atoms with Gasteiger partial charge in [-0.3, -0.25) is 4.79 Å². The number of hydrogen-bond acceptors (Lipinski definition) is 5. The number of carbonyl (C=O) groups is 1. The van der Waals surface area contributed by atoms with Crippen molar-refractivity contribution in [3.63, 3.8) is 0 Å². The highest BCUT2D eigenvalue weighted by Crippen LogP contribution is 2.35. The molecule has 1 aliphatic rings. The first-order valence-corrected chi connectivity index (χ1v) is 8.60. The second-order valence-electron chi connectivity index (χ2n) is 5.92. The molecule has 0 amide bonds. The Bertz CT molecular complexity index is 1010. The molecule has 1 atom stereocenters. The monoisotopic (exact) mass is 335 g/mol. The maximum atomic E-state index is 12.5. The third-order valence-electron chi connectivity index (χ3n) is 4.45. The number of aromatic nitrogens is 3. The van der Waals surface area contributed by atoms with Crippen LogP contribution in [0, 0.1) is 0 Å². The Balaban J connectivity index is 1.61. The van der Waals surface area contributed by atoms with E-state index in [1.807, 2.05) is 41.1 Å². The van der Waals surface area contributed by atoms with Crippen molar-refractivity contribution in [2.45, 2.75) is 18.8 Å². The average molecular weight is 335 g/mol. The predicted molar refractivity (Wildman–Crippen MR) is 90.8 cm³/mol. The van der Waals surface area contributed by atoms with E-state index in [2.05, 4.69) is 10.1 Å². The van der Waals surface area contributed by atoms with Crippen LogP contribution in [0.4, 0.5) is 0 Å². The molecule has 1 aliphatic carbocycles. The lowest BCUT2D eigenvalue weighted by molar-refractivity contribution is 0.0959. The van der Waals surface area contributed by atoms with E-state index in [1.54, 1.807) is 23.8 Å². The van der Waals surface area contributed by atoms with Gasteiger partial charge in [0.25, 0.3) is 0 Å². The third-order valence-corrected chi connectivity index (χ3v) is 5.46. The van der Waals surface area contributed by atoms with Crippen molar-refractivity contribution in [2.75, 3.05) is 0 Å². The van der Waals surface area contributed by atoms with Gasteiger partial charge in [-0.15, -0.1) is 0 Å². The smallest absolute Gasteiger partial charge is 0.211 e. The molecule has 3 aromatic heterocycles. The number of thiazole rings is 1. The van der Waals surface area contributed by atoms with Crippen LogP contribution in [0.3, 0.4) is 0 Å². The number of Topliss-reactive ketones (excluding diaryl/α,β-unsaturated/α-hetero) is 1. The van der Waals surface area contributed by atoms with Gasteiger partial charge >= 0.3 is 0 Å². The van der Waals surface area contributed by atoms with Gasteiger partial charge in [0, 0.05) is 18.8 Å². The van der Waals surface area contributed by atoms with Gasteiger partial charge in [-0.1, -0.05) is 23.5 Å². The molecule has 6 heteroatoms. The van der Waals surface area contributed by atoms with Gasteiger partial charge in [-0.2, -0.15) is 5.10 Å². The molecular formula is C18H13N3O2S. The summed E-state index contributed by atoms with van der Waals surface area (Å²) in [5, 5.41) is 5.24. The van der Waals surface area contributed by atoms with Crippen molar-refractivity contribution >= 4 is 27.3 Å². The van der Waals surface area contributed by atoms with Crippen molar-refractivity contribution in [2.24, 2.45) is 0 Å². The van der Waals surface area contributed by atoms with Crippen LogP contribution in [-0.2, 0) is 6.42 Å². The zero-order chi connectivity index (χ0) is 16.1. The minimum Gasteiger partial charge on any atom is -0.469 e. The zero-order valence-corrected chi connectivity index (χ0v) is 13.5. The molecular weight excluding hydrogens is 322 g/mol. The molecule has 4 aromatic rings. The molecule has 0 fully saturated rings. The number of carbonyl (C=O) groups excluding carboxylic acids is 1. The molecule has 0 saturated carbocycles. The molecule has 5 rings (SSSR count). The first-order valence-electron chi connectivity index (χ1n) is 7.79. The van der Waals surface area contributed by atoms with Crippen molar-refractivity contribution < 1.29 is 9.21 Å². The number of benzene rings is 1. The summed E-state index contributed by atoms with van der Waals surface area (Å²) in [7, 11) is 0. The summed E-state index contributed by atoms with van der Waals surface area (Å²) in [6.07, 6.45) is 4.51. The van der Waals surface area contributed by atoms with Gasteiger partial charge in [0.05, 0.1) is 33.9 Å². The van der Waals surface area contributed by atoms with Crippen LogP contribution in [0.1, 0.15) is 34.2 Å². The molecule has 1 aromatic carbocycles. The van der Waals surface area contributed by atoms with E-state index < -0.39 is 0 Å². The van der Waals surface area contributed by atoms with E-state index in [0.29, 0.717) is 12.0 Å². The summed E-state index contributed by atoms with van der Waals surface area (Å²) in [4.78, 5) is 17.2. The molecule has 0 spiro atoms. The Morgan fingerprint density at radius 2 is 2.08 bits per heavy atom. The molecule has 3 heterocycles. The van der Waals surface area contributed by atoms with Crippen LogP contribution in [0.2, 0.25) is 0 Å². The molecule has 118 valence electrons. The zero-order valence-electron chi connectivity index (χ0n) is 12.7. The SMILES string of the molecule is O=C1C[C@H](c2ccco2)Cc2c1cnn2-c1nc2ccccc2s1. The fraction of sp³-hybridized carbons (Fsp3) is 0.167. The van der Waals surface area contributed by atoms with Crippen LogP contribution >= 0.6 is 11.3 Å². The van der Waals surface area contributed by atoms with Crippen molar-refractivity contribution in [3.8, 4) is 5.13 Å². The highest BCUT2D eigenvalue weighted by Gasteiger charge is 2.31. The summed E-state index contributed by atoms with van der Waals surface area (Å²) in [5.41, 5.74) is 2.58. The highest BCUT2D eigenvalue weighted by molar-refractivity contribution is 7.20. The minimum absolute atomic E-state index is 0.0600. The van der Waals surface area contributed by atoms with Crippen LogP contribution in [0.15, 0.2) is 53.3 Å². The van der Waals surface area contributed by atoms with Crippen LogP contribution in [-0.4, -0.2) is 20.5 Å². The van der Waals surface area contributed by atoms with Gasteiger partial charge in [0.15, 0.2) is 5.78 Å². The second-order valence-corrected chi connectivity index (χ2v) is 6.93. The summed E-state index contributed by atoms with van der Waals surface area (Å²) in [6.45, 7) is 0. The van der Waals surface area contributed by atoms with E-state index in [1.165, 1.54) is 0 Å². The van der Waals surface area contributed by atoms with E-state index in [-0.39, 0.29) is 11.7 Å². The molecule has 0 aliphatic heterocycles. The molecule has 0 bridgehead atoms. The number of ketones is 1. The lowest BCUT2D eigenvalue weighted by atomic mass is 9.85. The van der Waals surface area contributed by atoms with Gasteiger partial charge in [-0.25, -0.2) is 9.67 Å². The lowest BCUT2D eigenvalue weighted by Crippen LogP contribution is -2.19. The van der Waals surface area contributed by atoms with Crippen molar-refractivity contribution in [1.29, 1.82) is 0 Å². The van der Waals surface area contributed by atoms with Crippen molar-refractivity contribution in [3.05, 3.63) is 65.9 Å². The fourth-order valence-corrected chi connectivity index (χ4v) is 4.23. The first kappa shape index (κ1) is 13.7. The summed E-state index contributed by atoms with van der Waals surface area (Å²) in [6, 6.07) is 11.8. The standard InChI is InChI=1S/C18H13N3O2S/c22-15-9-11(16-5-3-7-23-16)8-14-12(15)10-19-21(14)18-20-13-4-1-2-6-17(13)24-18/h1-7,10-11H,8-9H2/t11-/m1/s1. The summed E-state index contributed by atoms with van der Waals surface area (Å²) in [5.74, 6) is 1.03. The largest absolute Gasteiger partial charge is 0.469 e. The predicted octanol–water partition coefficient (Wildman–Crippen LogP) is 3.99. The highest BCUT2D eigenvalue weighted by atomic mass is 32.1. The normalized spacial score (nSPS) is 17.3. The number of para-hydroxylation sites is 1. The summed E-state index contributed by atoms with van der Waals surface area (Å²) < 4.78 is 8.44. The van der Waals surface area contributed by atoms with E-state index in [4.69, 9.17) is 4.42 Å². The quantitative estimate of drug-likeness (QED) is 0.556. The van der Waals surface area contributed by atoms with Crippen LogP contribution in [0.5, 0.6) is 0 Å². The average Bonchev–Trinajstić information content (AvgIpc) is 3.32. The summed E-state index contributed by atoms with van der Waals surface area (Å²) >= 11 is 1.58. The van der Waals surface area contributed by atoms with E-state index in [9.17, 15) is 4.79 Å². The fourth-order valence-electron chi connectivity index (χ4n) is 3.28. The molecule has 0 saturated heterocycles. The Morgan fingerprint density at radius 3 is 2.92 bits per heavy atom. The minimum atomic E-state index is 0.0600. The number of rotatable bonds is 2. The Labute approximate surface area is 141 Å². The molecule has 0 unspecified atom stereocenters. The number of fused-ring (bicyclic) bond motifs is 2. The van der Waals surface area contributed by atoms with E-state index in [0.717, 1.165) is 33.2 Å². The maximum absolute atomic E-state index is 12.5. The maximum Gasteiger partial charge on any atom is 0.211 e. The molecule has 0 radical (unpaired) electrons. The second kappa shape index (κ2) is 5.14. The van der Waals surface area contributed by atoms with Gasteiger partial charge in [0.1, 0.15) is 5.76 Å². The number of nitrogens with zero attached hydrogens (tertiary/aromatic N) is 3. The van der Waals surface area contributed by atoms with Crippen LogP contribution in [0.25, 0.3) is 15.3 Å². The Hall–Kier alpha value is -2.73.